The Balaban J connectivity index is 2.20. The van der Waals surface area contributed by atoms with E-state index in [1.807, 2.05) is 18.2 Å². The molecular formula is C13H10ClN3. The fourth-order valence-corrected chi connectivity index (χ4v) is 1.67. The maximum absolute atomic E-state index is 9.14. The molecule has 0 aliphatic heterocycles. The second-order valence-corrected chi connectivity index (χ2v) is 3.94. The number of halogens is 1. The predicted octanol–water partition coefficient (Wildman–Crippen LogP) is 3.41. The van der Waals surface area contributed by atoms with E-state index in [1.165, 1.54) is 0 Å². The number of nitrogens with one attached hydrogen (secondary N) is 1. The van der Waals surface area contributed by atoms with E-state index in [1.54, 1.807) is 30.6 Å². The van der Waals surface area contributed by atoms with Crippen LogP contribution in [-0.2, 0) is 0 Å². The number of hydrogen-bond donors (Lipinski definition) is 1. The van der Waals surface area contributed by atoms with E-state index in [0.29, 0.717) is 5.02 Å². The number of anilines is 1. The first-order valence-corrected chi connectivity index (χ1v) is 5.49. The molecule has 0 spiro atoms. The van der Waals surface area contributed by atoms with Gasteiger partial charge in [0, 0.05) is 28.7 Å². The third kappa shape index (κ3) is 2.96. The monoisotopic (exact) mass is 243 g/mol. The van der Waals surface area contributed by atoms with Crippen molar-refractivity contribution in [3.63, 3.8) is 0 Å². The Hall–Kier alpha value is -2.05. The van der Waals surface area contributed by atoms with E-state index >= 15 is 0 Å². The molecule has 3 nitrogen and oxygen atoms in total. The quantitative estimate of drug-likeness (QED) is 0.899. The summed E-state index contributed by atoms with van der Waals surface area (Å²) in [6.45, 7) is 0. The molecular weight excluding hydrogens is 234 g/mol. The SMILES string of the molecule is N#CC(Nc1cccc(Cl)c1)c1cccnc1. The van der Waals surface area contributed by atoms with Crippen LogP contribution in [0.2, 0.25) is 5.02 Å². The first-order chi connectivity index (χ1) is 8.29. The Labute approximate surface area is 105 Å². The van der Waals surface area contributed by atoms with Crippen molar-refractivity contribution in [3.05, 3.63) is 59.4 Å². The molecule has 0 saturated carbocycles. The maximum Gasteiger partial charge on any atom is 0.141 e. The lowest BCUT2D eigenvalue weighted by atomic mass is 10.1. The number of nitrogens with zero attached hydrogens (tertiary/aromatic N) is 2. The van der Waals surface area contributed by atoms with Crippen molar-refractivity contribution in [1.82, 2.24) is 4.98 Å². The summed E-state index contributed by atoms with van der Waals surface area (Å²) in [7, 11) is 0. The van der Waals surface area contributed by atoms with Gasteiger partial charge in [-0.3, -0.25) is 4.98 Å². The molecule has 1 aromatic heterocycles. The summed E-state index contributed by atoms with van der Waals surface area (Å²) < 4.78 is 0. The van der Waals surface area contributed by atoms with E-state index in [2.05, 4.69) is 16.4 Å². The zero-order chi connectivity index (χ0) is 12.1. The lowest BCUT2D eigenvalue weighted by molar-refractivity contribution is 0.982. The van der Waals surface area contributed by atoms with E-state index < -0.39 is 6.04 Å². The molecule has 0 radical (unpaired) electrons. The highest BCUT2D eigenvalue weighted by molar-refractivity contribution is 6.30. The van der Waals surface area contributed by atoms with Crippen molar-refractivity contribution in [2.24, 2.45) is 0 Å². The summed E-state index contributed by atoms with van der Waals surface area (Å²) in [6.07, 6.45) is 3.35. The Bertz CT molecular complexity index is 534. The Kier molecular flexibility index (Phi) is 3.59. The molecule has 0 bridgehead atoms. The predicted molar refractivity (Wildman–Crippen MR) is 67.7 cm³/mol. The largest absolute Gasteiger partial charge is 0.366 e. The van der Waals surface area contributed by atoms with Crippen LogP contribution in [0.15, 0.2) is 48.8 Å². The van der Waals surface area contributed by atoms with Gasteiger partial charge in [0.1, 0.15) is 6.04 Å². The van der Waals surface area contributed by atoms with Gasteiger partial charge in [0.25, 0.3) is 0 Å². The van der Waals surface area contributed by atoms with Crippen molar-refractivity contribution in [3.8, 4) is 6.07 Å². The van der Waals surface area contributed by atoms with Gasteiger partial charge in [0.15, 0.2) is 0 Å². The first-order valence-electron chi connectivity index (χ1n) is 5.11. The lowest BCUT2D eigenvalue weighted by Gasteiger charge is -2.12. The van der Waals surface area contributed by atoms with Gasteiger partial charge >= 0.3 is 0 Å². The van der Waals surface area contributed by atoms with Crippen LogP contribution in [0.3, 0.4) is 0 Å². The molecule has 0 saturated heterocycles. The molecule has 2 rings (SSSR count). The highest BCUT2D eigenvalue weighted by Gasteiger charge is 2.09. The van der Waals surface area contributed by atoms with Crippen molar-refractivity contribution in [1.29, 1.82) is 5.26 Å². The fourth-order valence-electron chi connectivity index (χ4n) is 1.48. The number of rotatable bonds is 3. The van der Waals surface area contributed by atoms with Gasteiger partial charge in [-0.05, 0) is 24.3 Å². The molecule has 0 aliphatic rings. The van der Waals surface area contributed by atoms with Gasteiger partial charge < -0.3 is 5.32 Å². The van der Waals surface area contributed by atoms with E-state index in [0.717, 1.165) is 11.3 Å². The molecule has 2 aromatic rings. The summed E-state index contributed by atoms with van der Waals surface area (Å²) in [6, 6.07) is 12.7. The zero-order valence-electron chi connectivity index (χ0n) is 8.97. The minimum absolute atomic E-state index is 0.429. The van der Waals surface area contributed by atoms with Gasteiger partial charge in [-0.15, -0.1) is 0 Å². The summed E-state index contributed by atoms with van der Waals surface area (Å²) in [4.78, 5) is 4.00. The topological polar surface area (TPSA) is 48.7 Å². The summed E-state index contributed by atoms with van der Waals surface area (Å²) in [5.74, 6) is 0. The molecule has 0 amide bonds. The summed E-state index contributed by atoms with van der Waals surface area (Å²) in [5.41, 5.74) is 1.64. The Morgan fingerprint density at radius 2 is 2.18 bits per heavy atom. The molecule has 0 fully saturated rings. The van der Waals surface area contributed by atoms with Gasteiger partial charge in [-0.25, -0.2) is 0 Å². The minimum Gasteiger partial charge on any atom is -0.366 e. The van der Waals surface area contributed by atoms with Crippen LogP contribution in [0, 0.1) is 11.3 Å². The van der Waals surface area contributed by atoms with Gasteiger partial charge in [0.05, 0.1) is 6.07 Å². The number of hydrogen-bond acceptors (Lipinski definition) is 3. The third-order valence-electron chi connectivity index (χ3n) is 2.28. The first kappa shape index (κ1) is 11.4. The number of benzene rings is 1. The Morgan fingerprint density at radius 1 is 1.29 bits per heavy atom. The van der Waals surface area contributed by atoms with Crippen LogP contribution in [0.5, 0.6) is 0 Å². The molecule has 1 atom stereocenters. The van der Waals surface area contributed by atoms with Gasteiger partial charge in [-0.2, -0.15) is 5.26 Å². The smallest absolute Gasteiger partial charge is 0.141 e. The standard InChI is InChI=1S/C13H10ClN3/c14-11-4-1-5-12(7-11)17-13(8-15)10-3-2-6-16-9-10/h1-7,9,13,17H. The van der Waals surface area contributed by atoms with Gasteiger partial charge in [0.2, 0.25) is 0 Å². The molecule has 84 valence electrons. The number of pyridine rings is 1. The summed E-state index contributed by atoms with van der Waals surface area (Å²) >= 11 is 5.88. The zero-order valence-corrected chi connectivity index (χ0v) is 9.72. The van der Waals surface area contributed by atoms with E-state index in [-0.39, 0.29) is 0 Å². The summed E-state index contributed by atoms with van der Waals surface area (Å²) in [5, 5.41) is 12.9. The van der Waals surface area contributed by atoms with Gasteiger partial charge in [-0.1, -0.05) is 23.7 Å². The van der Waals surface area contributed by atoms with Crippen LogP contribution < -0.4 is 5.32 Å². The molecule has 1 unspecified atom stereocenters. The van der Waals surface area contributed by atoms with Crippen LogP contribution in [-0.4, -0.2) is 4.98 Å². The average Bonchev–Trinajstić information content (AvgIpc) is 2.37. The fraction of sp³-hybridized carbons (Fsp3) is 0.0769. The van der Waals surface area contributed by atoms with Crippen LogP contribution in [0.4, 0.5) is 5.69 Å². The van der Waals surface area contributed by atoms with Crippen LogP contribution >= 0.6 is 11.6 Å². The maximum atomic E-state index is 9.14. The normalized spacial score (nSPS) is 11.5. The average molecular weight is 244 g/mol. The minimum atomic E-state index is -0.429. The van der Waals surface area contributed by atoms with E-state index in [9.17, 15) is 0 Å². The van der Waals surface area contributed by atoms with Crippen LogP contribution in [0.25, 0.3) is 0 Å². The third-order valence-corrected chi connectivity index (χ3v) is 2.52. The molecule has 1 aromatic carbocycles. The highest BCUT2D eigenvalue weighted by atomic mass is 35.5. The van der Waals surface area contributed by atoms with Crippen molar-refractivity contribution in [2.75, 3.05) is 5.32 Å². The molecule has 4 heteroatoms. The molecule has 17 heavy (non-hydrogen) atoms. The second-order valence-electron chi connectivity index (χ2n) is 3.50. The van der Waals surface area contributed by atoms with Crippen LogP contribution in [0.1, 0.15) is 11.6 Å². The highest BCUT2D eigenvalue weighted by Crippen LogP contribution is 2.20. The molecule has 0 aliphatic carbocycles. The number of nitriles is 1. The lowest BCUT2D eigenvalue weighted by Crippen LogP contribution is -2.08. The Morgan fingerprint density at radius 3 is 2.82 bits per heavy atom. The van der Waals surface area contributed by atoms with Crippen molar-refractivity contribution >= 4 is 17.3 Å². The molecule has 1 heterocycles. The van der Waals surface area contributed by atoms with Crippen molar-refractivity contribution < 1.29 is 0 Å². The second kappa shape index (κ2) is 5.33. The number of aromatic nitrogens is 1. The van der Waals surface area contributed by atoms with Crippen molar-refractivity contribution in [2.45, 2.75) is 6.04 Å². The molecule has 1 N–H and O–H groups in total. The van der Waals surface area contributed by atoms with E-state index in [4.69, 9.17) is 16.9 Å².